The standard InChI is InChI=1S/C10H19N3O3/c1-4-6(3)8(13-10(11)12)9(15)16-7(14)5-2/h6,8H,4-5H2,1-3H3,(H4,11,12,13). The molecule has 6 nitrogen and oxygen atoms in total. The summed E-state index contributed by atoms with van der Waals surface area (Å²) in [5.74, 6) is -1.55. The third kappa shape index (κ3) is 4.77. The van der Waals surface area contributed by atoms with Gasteiger partial charge in [0.1, 0.15) is 0 Å². The molecule has 0 aliphatic rings. The Kier molecular flexibility index (Phi) is 6.14. The molecule has 92 valence electrons. The molecule has 0 aromatic rings. The lowest BCUT2D eigenvalue weighted by molar-refractivity contribution is -0.161. The van der Waals surface area contributed by atoms with Gasteiger partial charge in [-0.2, -0.15) is 0 Å². The molecule has 0 rings (SSSR count). The minimum absolute atomic E-state index is 0.0840. The number of rotatable bonds is 5. The molecular formula is C10H19N3O3. The van der Waals surface area contributed by atoms with E-state index in [1.807, 2.05) is 13.8 Å². The van der Waals surface area contributed by atoms with E-state index < -0.39 is 18.0 Å². The molecular weight excluding hydrogens is 210 g/mol. The lowest BCUT2D eigenvalue weighted by Gasteiger charge is -2.16. The molecule has 4 N–H and O–H groups in total. The molecule has 0 bridgehead atoms. The maximum atomic E-state index is 11.6. The number of hydrogen-bond donors (Lipinski definition) is 2. The van der Waals surface area contributed by atoms with Gasteiger partial charge in [0.2, 0.25) is 0 Å². The molecule has 0 heterocycles. The largest absolute Gasteiger partial charge is 0.392 e. The van der Waals surface area contributed by atoms with Gasteiger partial charge in [-0.1, -0.05) is 27.2 Å². The Balaban J connectivity index is 4.70. The van der Waals surface area contributed by atoms with Crippen molar-refractivity contribution in [2.75, 3.05) is 0 Å². The molecule has 2 unspecified atom stereocenters. The van der Waals surface area contributed by atoms with Crippen LogP contribution in [0.4, 0.5) is 0 Å². The summed E-state index contributed by atoms with van der Waals surface area (Å²) in [7, 11) is 0. The quantitative estimate of drug-likeness (QED) is 0.302. The van der Waals surface area contributed by atoms with Crippen molar-refractivity contribution < 1.29 is 14.3 Å². The maximum absolute atomic E-state index is 11.6. The summed E-state index contributed by atoms with van der Waals surface area (Å²) in [6.45, 7) is 5.32. The molecule has 0 aliphatic heterocycles. The van der Waals surface area contributed by atoms with Crippen LogP contribution in [-0.2, 0) is 14.3 Å². The van der Waals surface area contributed by atoms with Crippen LogP contribution in [0, 0.1) is 5.92 Å². The smallest absolute Gasteiger partial charge is 0.338 e. The molecule has 0 fully saturated rings. The van der Waals surface area contributed by atoms with Crippen molar-refractivity contribution >= 4 is 17.9 Å². The zero-order valence-corrected chi connectivity index (χ0v) is 9.90. The van der Waals surface area contributed by atoms with Gasteiger partial charge in [0, 0.05) is 6.42 Å². The van der Waals surface area contributed by atoms with Crippen molar-refractivity contribution in [3.8, 4) is 0 Å². The number of nitrogens with zero attached hydrogens (tertiary/aromatic N) is 1. The highest BCUT2D eigenvalue weighted by Crippen LogP contribution is 2.13. The Bertz CT molecular complexity index is 285. The van der Waals surface area contributed by atoms with Gasteiger partial charge < -0.3 is 16.2 Å². The van der Waals surface area contributed by atoms with Gasteiger partial charge in [-0.25, -0.2) is 9.79 Å². The van der Waals surface area contributed by atoms with Gasteiger partial charge in [0.05, 0.1) is 0 Å². The van der Waals surface area contributed by atoms with E-state index in [0.29, 0.717) is 6.42 Å². The first-order valence-corrected chi connectivity index (χ1v) is 5.25. The molecule has 0 aromatic carbocycles. The molecule has 0 aliphatic carbocycles. The molecule has 0 radical (unpaired) electrons. The van der Waals surface area contributed by atoms with Crippen LogP contribution in [0.2, 0.25) is 0 Å². The predicted octanol–water partition coefficient (Wildman–Crippen LogP) is 0.154. The first kappa shape index (κ1) is 14.4. The van der Waals surface area contributed by atoms with E-state index in [9.17, 15) is 9.59 Å². The van der Waals surface area contributed by atoms with E-state index in [0.717, 1.165) is 0 Å². The Morgan fingerprint density at radius 1 is 1.31 bits per heavy atom. The van der Waals surface area contributed by atoms with Gasteiger partial charge >= 0.3 is 11.9 Å². The van der Waals surface area contributed by atoms with Crippen molar-refractivity contribution in [2.45, 2.75) is 39.7 Å². The average molecular weight is 229 g/mol. The normalized spacial score (nSPS) is 13.7. The minimum Gasteiger partial charge on any atom is -0.392 e. The topological polar surface area (TPSA) is 108 Å². The van der Waals surface area contributed by atoms with Crippen molar-refractivity contribution in [1.82, 2.24) is 0 Å². The van der Waals surface area contributed by atoms with E-state index in [1.165, 1.54) is 0 Å². The van der Waals surface area contributed by atoms with Crippen LogP contribution in [-0.4, -0.2) is 23.9 Å². The van der Waals surface area contributed by atoms with Crippen molar-refractivity contribution in [2.24, 2.45) is 22.4 Å². The van der Waals surface area contributed by atoms with Crippen LogP contribution in [0.15, 0.2) is 4.99 Å². The Morgan fingerprint density at radius 2 is 1.88 bits per heavy atom. The Labute approximate surface area is 95.0 Å². The molecule has 0 amide bonds. The van der Waals surface area contributed by atoms with Gasteiger partial charge in [-0.15, -0.1) is 0 Å². The monoisotopic (exact) mass is 229 g/mol. The number of guanidine groups is 1. The Hall–Kier alpha value is -1.59. The van der Waals surface area contributed by atoms with E-state index in [2.05, 4.69) is 9.73 Å². The summed E-state index contributed by atoms with van der Waals surface area (Å²) in [4.78, 5) is 26.3. The first-order chi connectivity index (χ1) is 7.42. The second kappa shape index (κ2) is 6.81. The summed E-state index contributed by atoms with van der Waals surface area (Å²) in [6, 6.07) is -0.814. The highest BCUT2D eigenvalue weighted by Gasteiger charge is 2.26. The SMILES string of the molecule is CCC(=O)OC(=O)C(N=C(N)N)C(C)CC. The van der Waals surface area contributed by atoms with Crippen LogP contribution in [0.25, 0.3) is 0 Å². The average Bonchev–Trinajstić information content (AvgIpc) is 2.24. The molecule has 0 saturated carbocycles. The maximum Gasteiger partial charge on any atom is 0.338 e. The van der Waals surface area contributed by atoms with E-state index in [1.54, 1.807) is 6.92 Å². The summed E-state index contributed by atoms with van der Waals surface area (Å²) in [5, 5.41) is 0. The van der Waals surface area contributed by atoms with Crippen LogP contribution in [0.5, 0.6) is 0 Å². The van der Waals surface area contributed by atoms with Crippen molar-refractivity contribution in [3.63, 3.8) is 0 Å². The third-order valence-electron chi connectivity index (χ3n) is 2.22. The molecule has 0 saturated heterocycles. The van der Waals surface area contributed by atoms with E-state index >= 15 is 0 Å². The first-order valence-electron chi connectivity index (χ1n) is 5.25. The summed E-state index contributed by atoms with van der Waals surface area (Å²) < 4.78 is 4.59. The number of carbonyl (C=O) groups excluding carboxylic acids is 2. The molecule has 0 spiro atoms. The number of hydrogen-bond acceptors (Lipinski definition) is 4. The summed E-state index contributed by atoms with van der Waals surface area (Å²) >= 11 is 0. The fourth-order valence-corrected chi connectivity index (χ4v) is 1.04. The number of aliphatic imine (C=N–C) groups is 1. The van der Waals surface area contributed by atoms with Gasteiger partial charge in [-0.05, 0) is 5.92 Å². The van der Waals surface area contributed by atoms with Crippen molar-refractivity contribution in [1.29, 1.82) is 0 Å². The van der Waals surface area contributed by atoms with Gasteiger partial charge in [0.15, 0.2) is 12.0 Å². The predicted molar refractivity (Wildman–Crippen MR) is 60.4 cm³/mol. The van der Waals surface area contributed by atoms with Crippen LogP contribution < -0.4 is 11.5 Å². The van der Waals surface area contributed by atoms with E-state index in [-0.39, 0.29) is 18.3 Å². The fraction of sp³-hybridized carbons (Fsp3) is 0.700. The van der Waals surface area contributed by atoms with Gasteiger partial charge in [-0.3, -0.25) is 4.79 Å². The zero-order valence-electron chi connectivity index (χ0n) is 9.90. The lowest BCUT2D eigenvalue weighted by Crippen LogP contribution is -2.34. The summed E-state index contributed by atoms with van der Waals surface area (Å²) in [5.41, 5.74) is 10.4. The van der Waals surface area contributed by atoms with Crippen LogP contribution >= 0.6 is 0 Å². The number of carbonyl (C=O) groups is 2. The minimum atomic E-state index is -0.814. The zero-order chi connectivity index (χ0) is 12.7. The third-order valence-corrected chi connectivity index (χ3v) is 2.22. The summed E-state index contributed by atoms with van der Waals surface area (Å²) in [6.07, 6.45) is 0.845. The second-order valence-corrected chi connectivity index (χ2v) is 3.53. The molecule has 2 atom stereocenters. The van der Waals surface area contributed by atoms with Crippen LogP contribution in [0.1, 0.15) is 33.6 Å². The fourth-order valence-electron chi connectivity index (χ4n) is 1.04. The Morgan fingerprint density at radius 3 is 2.25 bits per heavy atom. The number of nitrogens with two attached hydrogens (primary N) is 2. The number of esters is 2. The lowest BCUT2D eigenvalue weighted by atomic mass is 10.00. The van der Waals surface area contributed by atoms with Crippen molar-refractivity contribution in [3.05, 3.63) is 0 Å². The molecule has 0 aromatic heterocycles. The highest BCUT2D eigenvalue weighted by molar-refractivity contribution is 5.90. The highest BCUT2D eigenvalue weighted by atomic mass is 16.6. The second-order valence-electron chi connectivity index (χ2n) is 3.53. The van der Waals surface area contributed by atoms with Gasteiger partial charge in [0.25, 0.3) is 0 Å². The molecule has 16 heavy (non-hydrogen) atoms. The number of ether oxygens (including phenoxy) is 1. The molecule has 6 heteroatoms. The van der Waals surface area contributed by atoms with E-state index in [4.69, 9.17) is 11.5 Å². The van der Waals surface area contributed by atoms with Crippen LogP contribution in [0.3, 0.4) is 0 Å².